The van der Waals surface area contributed by atoms with E-state index in [-0.39, 0.29) is 5.78 Å². The van der Waals surface area contributed by atoms with Crippen molar-refractivity contribution in [2.24, 2.45) is 0 Å². The third-order valence-corrected chi connectivity index (χ3v) is 2.29. The van der Waals surface area contributed by atoms with Crippen molar-refractivity contribution in [1.29, 1.82) is 0 Å². The van der Waals surface area contributed by atoms with E-state index in [1.54, 1.807) is 25.1 Å². The first-order valence-corrected chi connectivity index (χ1v) is 4.89. The molecule has 0 aromatic heterocycles. The molecule has 0 saturated carbocycles. The average molecular weight is 233 g/mol. The molecule has 0 fully saturated rings. The van der Waals surface area contributed by atoms with Gasteiger partial charge in [0.05, 0.1) is 17.5 Å². The first-order valence-electron chi connectivity index (χ1n) is 4.08. The van der Waals surface area contributed by atoms with E-state index >= 15 is 0 Å². The molecule has 4 heteroatoms. The number of Topliss-reactive ketones (excluding diaryl/α,β-unsaturated/α-hetero) is 1. The Morgan fingerprint density at radius 1 is 1.50 bits per heavy atom. The predicted molar refractivity (Wildman–Crippen MR) is 57.6 cm³/mol. The molecule has 0 bridgehead atoms. The molecule has 14 heavy (non-hydrogen) atoms. The van der Waals surface area contributed by atoms with Gasteiger partial charge in [0.2, 0.25) is 0 Å². The van der Waals surface area contributed by atoms with Crippen LogP contribution in [0.25, 0.3) is 0 Å². The summed E-state index contributed by atoms with van der Waals surface area (Å²) < 4.78 is 4.96. The van der Waals surface area contributed by atoms with Crippen LogP contribution in [0.5, 0.6) is 5.75 Å². The second kappa shape index (κ2) is 4.67. The van der Waals surface area contributed by atoms with Gasteiger partial charge in [-0.3, -0.25) is 4.79 Å². The molecule has 0 aliphatic heterocycles. The molecule has 1 aromatic carbocycles. The molecule has 0 heterocycles. The van der Waals surface area contributed by atoms with Gasteiger partial charge in [-0.05, 0) is 25.1 Å². The van der Waals surface area contributed by atoms with Crippen molar-refractivity contribution in [3.8, 4) is 5.75 Å². The van der Waals surface area contributed by atoms with Gasteiger partial charge >= 0.3 is 0 Å². The maximum absolute atomic E-state index is 11.5. The summed E-state index contributed by atoms with van der Waals surface area (Å²) >= 11 is 11.5. The maximum atomic E-state index is 11.5. The lowest BCUT2D eigenvalue weighted by molar-refractivity contribution is 0.0991. The van der Waals surface area contributed by atoms with E-state index in [0.29, 0.717) is 16.3 Å². The minimum absolute atomic E-state index is 0.142. The highest BCUT2D eigenvalue weighted by Gasteiger charge is 2.13. The van der Waals surface area contributed by atoms with Gasteiger partial charge in [0.1, 0.15) is 5.75 Å². The first kappa shape index (κ1) is 11.3. The van der Waals surface area contributed by atoms with Gasteiger partial charge in [-0.25, -0.2) is 0 Å². The SMILES string of the molecule is COc1ccc(C(=O)C(C)Cl)cc1Cl. The van der Waals surface area contributed by atoms with Crippen LogP contribution in [0.1, 0.15) is 17.3 Å². The number of hydrogen-bond acceptors (Lipinski definition) is 2. The minimum atomic E-state index is -0.542. The summed E-state index contributed by atoms with van der Waals surface area (Å²) in [5.41, 5.74) is 0.498. The number of ketones is 1. The normalized spacial score (nSPS) is 12.3. The number of methoxy groups -OCH3 is 1. The quantitative estimate of drug-likeness (QED) is 0.592. The van der Waals surface area contributed by atoms with Crippen LogP contribution in [0.3, 0.4) is 0 Å². The summed E-state index contributed by atoms with van der Waals surface area (Å²) in [5.74, 6) is 0.404. The van der Waals surface area contributed by atoms with Crippen LogP contribution in [0.4, 0.5) is 0 Å². The molecule has 1 rings (SSSR count). The highest BCUT2D eigenvalue weighted by molar-refractivity contribution is 6.35. The molecule has 0 aliphatic rings. The number of alkyl halides is 1. The lowest BCUT2D eigenvalue weighted by Crippen LogP contribution is -2.10. The number of carbonyl (C=O) groups excluding carboxylic acids is 1. The van der Waals surface area contributed by atoms with Crippen LogP contribution in [0.15, 0.2) is 18.2 Å². The number of carbonyl (C=O) groups is 1. The van der Waals surface area contributed by atoms with Crippen LogP contribution >= 0.6 is 23.2 Å². The third kappa shape index (κ3) is 2.40. The Hall–Kier alpha value is -0.730. The van der Waals surface area contributed by atoms with E-state index in [1.807, 2.05) is 0 Å². The van der Waals surface area contributed by atoms with Gasteiger partial charge in [0.25, 0.3) is 0 Å². The van der Waals surface area contributed by atoms with Crippen LogP contribution in [0, 0.1) is 0 Å². The maximum Gasteiger partial charge on any atom is 0.180 e. The summed E-state index contributed by atoms with van der Waals surface area (Å²) in [4.78, 5) is 11.5. The Balaban J connectivity index is 3.03. The molecular weight excluding hydrogens is 223 g/mol. The lowest BCUT2D eigenvalue weighted by Gasteiger charge is -2.06. The Labute approximate surface area is 92.8 Å². The standard InChI is InChI=1S/C10H10Cl2O2/c1-6(11)10(13)7-3-4-9(14-2)8(12)5-7/h3-6H,1-2H3. The molecule has 0 N–H and O–H groups in total. The van der Waals surface area contributed by atoms with Crippen molar-refractivity contribution in [1.82, 2.24) is 0 Å². The van der Waals surface area contributed by atoms with Gasteiger partial charge in [0, 0.05) is 5.56 Å². The Morgan fingerprint density at radius 3 is 2.57 bits per heavy atom. The Bertz CT molecular complexity index is 348. The second-order valence-corrected chi connectivity index (χ2v) is 3.89. The fraction of sp³-hybridized carbons (Fsp3) is 0.300. The van der Waals surface area contributed by atoms with E-state index in [4.69, 9.17) is 27.9 Å². The highest BCUT2D eigenvalue weighted by Crippen LogP contribution is 2.25. The zero-order valence-corrected chi connectivity index (χ0v) is 9.39. The zero-order chi connectivity index (χ0) is 10.7. The number of halogens is 2. The molecule has 1 unspecified atom stereocenters. The third-order valence-electron chi connectivity index (χ3n) is 1.80. The van der Waals surface area contributed by atoms with Crippen molar-refractivity contribution >= 4 is 29.0 Å². The summed E-state index contributed by atoms with van der Waals surface area (Å²) in [7, 11) is 1.52. The van der Waals surface area contributed by atoms with E-state index < -0.39 is 5.38 Å². The molecule has 0 spiro atoms. The van der Waals surface area contributed by atoms with Gasteiger partial charge < -0.3 is 4.74 Å². The van der Waals surface area contributed by atoms with Gasteiger partial charge in [-0.15, -0.1) is 11.6 Å². The van der Waals surface area contributed by atoms with Crippen LogP contribution in [-0.4, -0.2) is 18.3 Å². The van der Waals surface area contributed by atoms with Crippen molar-refractivity contribution in [3.63, 3.8) is 0 Å². The average Bonchev–Trinajstić information content (AvgIpc) is 2.16. The lowest BCUT2D eigenvalue weighted by atomic mass is 10.1. The molecule has 1 aromatic rings. The van der Waals surface area contributed by atoms with Crippen LogP contribution < -0.4 is 4.74 Å². The first-order chi connectivity index (χ1) is 6.56. The molecule has 1 atom stereocenters. The minimum Gasteiger partial charge on any atom is -0.495 e. The number of rotatable bonds is 3. The molecule has 0 saturated heterocycles. The smallest absolute Gasteiger partial charge is 0.180 e. The van der Waals surface area contributed by atoms with Crippen molar-refractivity contribution < 1.29 is 9.53 Å². The molecule has 0 aliphatic carbocycles. The van der Waals surface area contributed by atoms with E-state index in [9.17, 15) is 4.79 Å². The van der Waals surface area contributed by atoms with Crippen molar-refractivity contribution in [3.05, 3.63) is 28.8 Å². The fourth-order valence-corrected chi connectivity index (χ4v) is 1.43. The molecule has 2 nitrogen and oxygen atoms in total. The van der Waals surface area contributed by atoms with Crippen LogP contribution in [-0.2, 0) is 0 Å². The van der Waals surface area contributed by atoms with E-state index in [0.717, 1.165) is 0 Å². The van der Waals surface area contributed by atoms with Crippen molar-refractivity contribution in [2.75, 3.05) is 7.11 Å². The zero-order valence-electron chi connectivity index (χ0n) is 7.88. The summed E-state index contributed by atoms with van der Waals surface area (Å²) in [6.07, 6.45) is 0. The van der Waals surface area contributed by atoms with E-state index in [1.165, 1.54) is 7.11 Å². The summed E-state index contributed by atoms with van der Waals surface area (Å²) in [5, 5.41) is -0.130. The molecule has 76 valence electrons. The highest BCUT2D eigenvalue weighted by atomic mass is 35.5. The number of benzene rings is 1. The fourth-order valence-electron chi connectivity index (χ4n) is 1.05. The molecular formula is C10H10Cl2O2. The van der Waals surface area contributed by atoms with Gasteiger partial charge in [-0.1, -0.05) is 11.6 Å². The van der Waals surface area contributed by atoms with Gasteiger partial charge in [-0.2, -0.15) is 0 Å². The number of hydrogen-bond donors (Lipinski definition) is 0. The number of ether oxygens (including phenoxy) is 1. The summed E-state index contributed by atoms with van der Waals surface area (Å²) in [6.45, 7) is 1.63. The predicted octanol–water partition coefficient (Wildman–Crippen LogP) is 3.16. The van der Waals surface area contributed by atoms with E-state index in [2.05, 4.69) is 0 Å². The Kier molecular flexibility index (Phi) is 3.78. The monoisotopic (exact) mass is 232 g/mol. The topological polar surface area (TPSA) is 26.3 Å². The summed E-state index contributed by atoms with van der Waals surface area (Å²) in [6, 6.07) is 4.85. The van der Waals surface area contributed by atoms with Crippen LogP contribution in [0.2, 0.25) is 5.02 Å². The van der Waals surface area contributed by atoms with Crippen molar-refractivity contribution in [2.45, 2.75) is 12.3 Å². The second-order valence-electron chi connectivity index (χ2n) is 2.83. The molecule has 0 amide bonds. The molecule has 0 radical (unpaired) electrons. The van der Waals surface area contributed by atoms with Gasteiger partial charge in [0.15, 0.2) is 5.78 Å². The largest absolute Gasteiger partial charge is 0.495 e. The Morgan fingerprint density at radius 2 is 2.14 bits per heavy atom.